The molecule has 0 spiro atoms. The topological polar surface area (TPSA) is 52.9 Å². The third kappa shape index (κ3) is 2.80. The molecule has 0 saturated heterocycles. The first-order valence-electron chi connectivity index (χ1n) is 4.99. The van der Waals surface area contributed by atoms with Crippen LogP contribution in [-0.2, 0) is 11.2 Å². The van der Waals surface area contributed by atoms with E-state index in [2.05, 4.69) is 11.4 Å². The Balaban J connectivity index is 1.84. The number of carbonyl (C=O) groups excluding carboxylic acids is 1. The van der Waals surface area contributed by atoms with Crippen molar-refractivity contribution >= 4 is 17.2 Å². The highest BCUT2D eigenvalue weighted by Crippen LogP contribution is 2.32. The van der Waals surface area contributed by atoms with Crippen molar-refractivity contribution in [2.45, 2.75) is 25.3 Å². The molecule has 1 atom stereocenters. The minimum Gasteiger partial charge on any atom is -0.340 e. The number of nitrogens with one attached hydrogen (secondary N) is 1. The van der Waals surface area contributed by atoms with E-state index in [1.54, 1.807) is 11.3 Å². The van der Waals surface area contributed by atoms with Gasteiger partial charge >= 0.3 is 0 Å². The minimum absolute atomic E-state index is 0.0492. The van der Waals surface area contributed by atoms with E-state index in [4.69, 9.17) is 5.26 Å². The first kappa shape index (κ1) is 10.2. The van der Waals surface area contributed by atoms with Gasteiger partial charge in [-0.15, -0.1) is 0 Å². The Labute approximate surface area is 92.7 Å². The maximum atomic E-state index is 11.6. The van der Waals surface area contributed by atoms with Gasteiger partial charge in [0.2, 0.25) is 5.91 Å². The van der Waals surface area contributed by atoms with Crippen LogP contribution in [0.3, 0.4) is 0 Å². The maximum absolute atomic E-state index is 11.6. The molecule has 4 heteroatoms. The van der Waals surface area contributed by atoms with Crippen molar-refractivity contribution in [3.05, 3.63) is 22.4 Å². The lowest BCUT2D eigenvalue weighted by molar-refractivity contribution is -0.120. The summed E-state index contributed by atoms with van der Waals surface area (Å²) < 4.78 is 0. The van der Waals surface area contributed by atoms with E-state index in [1.165, 1.54) is 0 Å². The van der Waals surface area contributed by atoms with Crippen molar-refractivity contribution in [2.75, 3.05) is 0 Å². The number of amides is 1. The summed E-state index contributed by atoms with van der Waals surface area (Å²) in [6.07, 6.45) is 2.52. The quantitative estimate of drug-likeness (QED) is 0.839. The Morgan fingerprint density at radius 3 is 3.07 bits per heavy atom. The molecule has 15 heavy (non-hydrogen) atoms. The summed E-state index contributed by atoms with van der Waals surface area (Å²) in [5.41, 5.74) is 1.02. The first-order valence-corrected chi connectivity index (χ1v) is 5.94. The number of rotatable bonds is 4. The van der Waals surface area contributed by atoms with E-state index < -0.39 is 0 Å². The fourth-order valence-electron chi connectivity index (χ4n) is 1.49. The summed E-state index contributed by atoms with van der Waals surface area (Å²) in [6, 6.07) is 3.80. The molecule has 0 aromatic carbocycles. The van der Waals surface area contributed by atoms with E-state index >= 15 is 0 Å². The van der Waals surface area contributed by atoms with Crippen LogP contribution in [0.25, 0.3) is 0 Å². The third-order valence-electron chi connectivity index (χ3n) is 2.49. The number of nitriles is 1. The second-order valence-corrected chi connectivity index (χ2v) is 4.60. The molecule has 1 amide bonds. The smallest absolute Gasteiger partial charge is 0.225 e. The van der Waals surface area contributed by atoms with Crippen molar-refractivity contribution < 1.29 is 4.79 Å². The van der Waals surface area contributed by atoms with Crippen molar-refractivity contribution in [1.29, 1.82) is 5.26 Å². The summed E-state index contributed by atoms with van der Waals surface area (Å²) in [7, 11) is 0. The summed E-state index contributed by atoms with van der Waals surface area (Å²) in [5.74, 6) is 0.341. The van der Waals surface area contributed by atoms with E-state index in [-0.39, 0.29) is 11.9 Å². The molecule has 1 saturated carbocycles. The Morgan fingerprint density at radius 1 is 1.73 bits per heavy atom. The van der Waals surface area contributed by atoms with Gasteiger partial charge in [0.1, 0.15) is 6.04 Å². The fraction of sp³-hybridized carbons (Fsp3) is 0.455. The molecule has 1 unspecified atom stereocenters. The van der Waals surface area contributed by atoms with Crippen LogP contribution in [0.4, 0.5) is 0 Å². The molecule has 0 radical (unpaired) electrons. The first-order chi connectivity index (χ1) is 7.29. The second-order valence-electron chi connectivity index (χ2n) is 3.82. The van der Waals surface area contributed by atoms with Gasteiger partial charge in [-0.3, -0.25) is 4.79 Å². The number of carbonyl (C=O) groups is 1. The molecule has 1 aliphatic carbocycles. The summed E-state index contributed by atoms with van der Waals surface area (Å²) in [6.45, 7) is 0. The monoisotopic (exact) mass is 220 g/mol. The molecule has 1 N–H and O–H groups in total. The largest absolute Gasteiger partial charge is 0.340 e. The van der Waals surface area contributed by atoms with Gasteiger partial charge < -0.3 is 5.32 Å². The molecule has 0 aliphatic heterocycles. The molecule has 1 aliphatic rings. The Bertz CT molecular complexity index is 376. The van der Waals surface area contributed by atoms with Gasteiger partial charge in [-0.25, -0.2) is 0 Å². The number of thiophene rings is 1. The van der Waals surface area contributed by atoms with Crippen molar-refractivity contribution in [1.82, 2.24) is 5.32 Å². The predicted octanol–water partition coefficient (Wildman–Crippen LogP) is 1.71. The van der Waals surface area contributed by atoms with Crippen LogP contribution in [-0.4, -0.2) is 11.9 Å². The molecule has 1 aromatic heterocycles. The van der Waals surface area contributed by atoms with Crippen LogP contribution >= 0.6 is 11.3 Å². The highest BCUT2D eigenvalue weighted by Gasteiger charge is 2.32. The molecule has 2 rings (SSSR count). The lowest BCUT2D eigenvalue weighted by atomic mass is 10.2. The lowest BCUT2D eigenvalue weighted by Gasteiger charge is -2.09. The van der Waals surface area contributed by atoms with E-state index in [1.807, 2.05) is 16.8 Å². The van der Waals surface area contributed by atoms with E-state index in [9.17, 15) is 4.79 Å². The van der Waals surface area contributed by atoms with Crippen LogP contribution in [0.1, 0.15) is 18.4 Å². The second kappa shape index (κ2) is 4.45. The van der Waals surface area contributed by atoms with Crippen molar-refractivity contribution in [3.63, 3.8) is 0 Å². The van der Waals surface area contributed by atoms with Gasteiger partial charge in [-0.2, -0.15) is 16.6 Å². The van der Waals surface area contributed by atoms with Crippen LogP contribution in [0.15, 0.2) is 16.8 Å². The molecular formula is C11H12N2OS. The zero-order valence-corrected chi connectivity index (χ0v) is 9.09. The summed E-state index contributed by atoms with van der Waals surface area (Å²) >= 11 is 1.58. The van der Waals surface area contributed by atoms with Crippen LogP contribution < -0.4 is 5.32 Å². The van der Waals surface area contributed by atoms with Gasteiger partial charge in [0.05, 0.1) is 12.5 Å². The molecule has 0 bridgehead atoms. The van der Waals surface area contributed by atoms with Gasteiger partial charge in [-0.05, 0) is 41.1 Å². The fourth-order valence-corrected chi connectivity index (χ4v) is 2.16. The Kier molecular flexibility index (Phi) is 3.02. The highest BCUT2D eigenvalue weighted by atomic mass is 32.1. The average molecular weight is 220 g/mol. The lowest BCUT2D eigenvalue weighted by Crippen LogP contribution is -2.36. The van der Waals surface area contributed by atoms with Crippen molar-refractivity contribution in [3.8, 4) is 6.07 Å². The summed E-state index contributed by atoms with van der Waals surface area (Å²) in [5, 5.41) is 15.5. The zero-order chi connectivity index (χ0) is 10.7. The van der Waals surface area contributed by atoms with Gasteiger partial charge in [0.15, 0.2) is 0 Å². The zero-order valence-electron chi connectivity index (χ0n) is 8.27. The Morgan fingerprint density at radius 2 is 2.53 bits per heavy atom. The number of hydrogen-bond acceptors (Lipinski definition) is 3. The van der Waals surface area contributed by atoms with Crippen LogP contribution in [0, 0.1) is 17.2 Å². The molecule has 1 fully saturated rings. The predicted molar refractivity (Wildman–Crippen MR) is 58.3 cm³/mol. The van der Waals surface area contributed by atoms with Gasteiger partial charge in [0.25, 0.3) is 0 Å². The Hall–Kier alpha value is -1.34. The number of hydrogen-bond donors (Lipinski definition) is 1. The number of nitrogens with zero attached hydrogens (tertiary/aromatic N) is 1. The molecule has 78 valence electrons. The molecule has 1 heterocycles. The molecule has 3 nitrogen and oxygen atoms in total. The van der Waals surface area contributed by atoms with Gasteiger partial charge in [0, 0.05) is 0 Å². The molecule has 1 aromatic rings. The van der Waals surface area contributed by atoms with E-state index in [0.717, 1.165) is 18.4 Å². The minimum atomic E-state index is -0.281. The standard InChI is InChI=1S/C11H12N2OS/c12-6-10(9-1-2-9)13-11(14)5-8-3-4-15-7-8/h3-4,7,9-10H,1-2,5H2,(H,13,14). The van der Waals surface area contributed by atoms with E-state index in [0.29, 0.717) is 12.3 Å². The molecular weight excluding hydrogens is 208 g/mol. The third-order valence-corrected chi connectivity index (χ3v) is 3.23. The van der Waals surface area contributed by atoms with Crippen LogP contribution in [0.2, 0.25) is 0 Å². The normalized spacial score (nSPS) is 16.7. The summed E-state index contributed by atoms with van der Waals surface area (Å²) in [4.78, 5) is 11.6. The van der Waals surface area contributed by atoms with Gasteiger partial charge in [-0.1, -0.05) is 0 Å². The maximum Gasteiger partial charge on any atom is 0.225 e. The highest BCUT2D eigenvalue weighted by molar-refractivity contribution is 7.07. The van der Waals surface area contributed by atoms with Crippen LogP contribution in [0.5, 0.6) is 0 Å². The SMILES string of the molecule is N#CC(NC(=O)Cc1ccsc1)C1CC1. The van der Waals surface area contributed by atoms with Crippen molar-refractivity contribution in [2.24, 2.45) is 5.92 Å². The average Bonchev–Trinajstić information content (AvgIpc) is 2.95.